The fourth-order valence-electron chi connectivity index (χ4n) is 0.215. The molecule has 0 fully saturated rings. The molecule has 0 N–H and O–H groups in total. The molecule has 0 amide bonds. The molecular weight excluding hydrogens is 86.1 g/mol. The molecule has 0 aromatic rings. The largest absolute Gasteiger partial charge is 0.246 e. The second kappa shape index (κ2) is 3.42. The standard InChI is InChI=1S/C6H9N/c1-6(2)4-5-7-3/h4-6H,1-2H3/b5-4+. The molecule has 7 heavy (non-hydrogen) atoms. The molecule has 0 aromatic carbocycles. The van der Waals surface area contributed by atoms with Gasteiger partial charge in [0.25, 0.3) is 0 Å². The summed E-state index contributed by atoms with van der Waals surface area (Å²) in [4.78, 5) is 3.05. The van der Waals surface area contributed by atoms with Crippen LogP contribution < -0.4 is 0 Å². The zero-order valence-corrected chi connectivity index (χ0v) is 4.68. The first kappa shape index (κ1) is 6.23. The molecule has 0 aromatic heterocycles. The highest BCUT2D eigenvalue weighted by atomic mass is 14.6. The molecular formula is C6H9N. The van der Waals surface area contributed by atoms with E-state index in [0.29, 0.717) is 5.92 Å². The number of nitrogens with zero attached hydrogens (tertiary/aromatic N) is 1. The van der Waals surface area contributed by atoms with Gasteiger partial charge in [0.15, 0.2) is 6.20 Å². The van der Waals surface area contributed by atoms with Crippen LogP contribution in [0, 0.1) is 12.5 Å². The fourth-order valence-corrected chi connectivity index (χ4v) is 0.215. The van der Waals surface area contributed by atoms with Crippen molar-refractivity contribution in [1.29, 1.82) is 0 Å². The molecule has 0 unspecified atom stereocenters. The molecule has 1 nitrogen and oxygen atoms in total. The van der Waals surface area contributed by atoms with E-state index in [-0.39, 0.29) is 0 Å². The predicted octanol–water partition coefficient (Wildman–Crippen LogP) is 2.08. The monoisotopic (exact) mass is 95.1 g/mol. The fraction of sp³-hybridized carbons (Fsp3) is 0.500. The molecule has 0 spiro atoms. The van der Waals surface area contributed by atoms with Gasteiger partial charge >= 0.3 is 0 Å². The lowest BCUT2D eigenvalue weighted by atomic mass is 10.2. The maximum Gasteiger partial charge on any atom is 0.150 e. The van der Waals surface area contributed by atoms with E-state index in [2.05, 4.69) is 4.85 Å². The average molecular weight is 95.1 g/mol. The molecule has 0 radical (unpaired) electrons. The maximum atomic E-state index is 6.33. The summed E-state index contributed by atoms with van der Waals surface area (Å²) >= 11 is 0. The van der Waals surface area contributed by atoms with E-state index >= 15 is 0 Å². The molecule has 0 aliphatic carbocycles. The second-order valence-electron chi connectivity index (χ2n) is 1.71. The number of hydrogen-bond acceptors (Lipinski definition) is 0. The van der Waals surface area contributed by atoms with Crippen molar-refractivity contribution < 1.29 is 0 Å². The summed E-state index contributed by atoms with van der Waals surface area (Å²) in [5.74, 6) is 0.508. The van der Waals surface area contributed by atoms with Crippen molar-refractivity contribution in [3.8, 4) is 0 Å². The highest BCUT2D eigenvalue weighted by molar-refractivity contribution is 4.90. The summed E-state index contributed by atoms with van der Waals surface area (Å²) < 4.78 is 0. The molecule has 0 saturated heterocycles. The van der Waals surface area contributed by atoms with Crippen molar-refractivity contribution >= 4 is 0 Å². The number of allylic oxidation sites excluding steroid dienone is 1. The Morgan fingerprint density at radius 1 is 1.57 bits per heavy atom. The van der Waals surface area contributed by atoms with Crippen LogP contribution in [0.2, 0.25) is 0 Å². The van der Waals surface area contributed by atoms with Gasteiger partial charge in [-0.3, -0.25) is 0 Å². The smallest absolute Gasteiger partial charge is 0.150 e. The van der Waals surface area contributed by atoms with E-state index in [9.17, 15) is 0 Å². The first-order chi connectivity index (χ1) is 3.27. The summed E-state index contributed by atoms with van der Waals surface area (Å²) in [5, 5.41) is 0. The molecule has 0 saturated carbocycles. The van der Waals surface area contributed by atoms with Crippen molar-refractivity contribution in [1.82, 2.24) is 0 Å². The van der Waals surface area contributed by atoms with Crippen LogP contribution in [0.1, 0.15) is 13.8 Å². The van der Waals surface area contributed by atoms with Crippen LogP contribution in [-0.4, -0.2) is 0 Å². The Kier molecular flexibility index (Phi) is 3.04. The zero-order valence-electron chi connectivity index (χ0n) is 4.68. The van der Waals surface area contributed by atoms with Gasteiger partial charge in [0.05, 0.1) is 6.57 Å². The Morgan fingerprint density at radius 2 is 2.14 bits per heavy atom. The summed E-state index contributed by atoms with van der Waals surface area (Å²) in [6.45, 7) is 10.4. The first-order valence-corrected chi connectivity index (χ1v) is 2.30. The van der Waals surface area contributed by atoms with E-state index in [1.807, 2.05) is 19.9 Å². The van der Waals surface area contributed by atoms with Gasteiger partial charge in [-0.1, -0.05) is 19.9 Å². The summed E-state index contributed by atoms with van der Waals surface area (Å²) in [6.07, 6.45) is 3.36. The van der Waals surface area contributed by atoms with E-state index < -0.39 is 0 Å². The molecule has 0 bridgehead atoms. The minimum atomic E-state index is 0.508. The maximum absolute atomic E-state index is 6.33. The van der Waals surface area contributed by atoms with Crippen LogP contribution in [0.4, 0.5) is 0 Å². The van der Waals surface area contributed by atoms with Gasteiger partial charge in [-0.2, -0.15) is 0 Å². The molecule has 0 atom stereocenters. The summed E-state index contributed by atoms with van der Waals surface area (Å²) in [7, 11) is 0. The van der Waals surface area contributed by atoms with E-state index in [1.54, 1.807) is 0 Å². The van der Waals surface area contributed by atoms with Crippen LogP contribution >= 0.6 is 0 Å². The molecule has 0 heterocycles. The third-order valence-corrected chi connectivity index (χ3v) is 0.546. The minimum absolute atomic E-state index is 0.508. The molecule has 0 aliphatic rings. The highest BCUT2D eigenvalue weighted by Gasteiger charge is 1.77. The molecule has 0 rings (SSSR count). The van der Waals surface area contributed by atoms with Crippen LogP contribution in [0.5, 0.6) is 0 Å². The SMILES string of the molecule is [C-]#[N+]/C=C/C(C)C. The Hall–Kier alpha value is -0.770. The Bertz CT molecular complexity index is 95.2. The van der Waals surface area contributed by atoms with Gasteiger partial charge in [-0.15, -0.1) is 0 Å². The Labute approximate surface area is 44.5 Å². The summed E-state index contributed by atoms with van der Waals surface area (Å²) in [5.41, 5.74) is 0. The van der Waals surface area contributed by atoms with Gasteiger partial charge in [0.2, 0.25) is 0 Å². The molecule has 0 aliphatic heterocycles. The van der Waals surface area contributed by atoms with Crippen LogP contribution in [-0.2, 0) is 0 Å². The van der Waals surface area contributed by atoms with Crippen molar-refractivity contribution in [2.75, 3.05) is 0 Å². The van der Waals surface area contributed by atoms with Gasteiger partial charge in [0, 0.05) is 0 Å². The average Bonchev–Trinajstić information content (AvgIpc) is 1.61. The van der Waals surface area contributed by atoms with Crippen LogP contribution in [0.3, 0.4) is 0 Å². The van der Waals surface area contributed by atoms with Gasteiger partial charge in [-0.25, -0.2) is 4.85 Å². The Morgan fingerprint density at radius 3 is 2.29 bits per heavy atom. The van der Waals surface area contributed by atoms with Crippen LogP contribution in [0.15, 0.2) is 12.3 Å². The van der Waals surface area contributed by atoms with Gasteiger partial charge < -0.3 is 0 Å². The normalized spacial score (nSPS) is 10.0. The predicted molar refractivity (Wildman–Crippen MR) is 30.6 cm³/mol. The number of rotatable bonds is 1. The second-order valence-corrected chi connectivity index (χ2v) is 1.71. The topological polar surface area (TPSA) is 4.36 Å². The van der Waals surface area contributed by atoms with Crippen molar-refractivity contribution in [2.45, 2.75) is 13.8 Å². The third kappa shape index (κ3) is 5.23. The van der Waals surface area contributed by atoms with Crippen LogP contribution in [0.25, 0.3) is 4.85 Å². The van der Waals surface area contributed by atoms with Crippen molar-refractivity contribution in [2.24, 2.45) is 5.92 Å². The molecule has 1 heteroatoms. The first-order valence-electron chi connectivity index (χ1n) is 2.30. The minimum Gasteiger partial charge on any atom is -0.246 e. The van der Waals surface area contributed by atoms with E-state index in [4.69, 9.17) is 6.57 Å². The lowest BCUT2D eigenvalue weighted by molar-refractivity contribution is 0.832. The third-order valence-electron chi connectivity index (χ3n) is 0.546. The number of hydrogen-bond donors (Lipinski definition) is 0. The lowest BCUT2D eigenvalue weighted by Crippen LogP contribution is -1.73. The van der Waals surface area contributed by atoms with E-state index in [0.717, 1.165) is 0 Å². The summed E-state index contributed by atoms with van der Waals surface area (Å²) in [6, 6.07) is 0. The zero-order chi connectivity index (χ0) is 5.70. The highest BCUT2D eigenvalue weighted by Crippen LogP contribution is 1.91. The molecule has 38 valence electrons. The van der Waals surface area contributed by atoms with E-state index in [1.165, 1.54) is 6.20 Å². The lowest BCUT2D eigenvalue weighted by Gasteiger charge is -1.86. The Balaban J connectivity index is 3.31. The quantitative estimate of drug-likeness (QED) is 0.439. The van der Waals surface area contributed by atoms with Gasteiger partial charge in [0.1, 0.15) is 0 Å². The van der Waals surface area contributed by atoms with Gasteiger partial charge in [-0.05, 0) is 5.92 Å². The van der Waals surface area contributed by atoms with Crippen molar-refractivity contribution in [3.63, 3.8) is 0 Å². The van der Waals surface area contributed by atoms with Crippen molar-refractivity contribution in [3.05, 3.63) is 23.7 Å².